The zero-order valence-corrected chi connectivity index (χ0v) is 11.7. The number of hydrogen-bond acceptors (Lipinski definition) is 1. The third-order valence-corrected chi connectivity index (χ3v) is 3.08. The smallest absolute Gasteiger partial charge is 0.0208 e. The second-order valence-electron chi connectivity index (χ2n) is 4.07. The van der Waals surface area contributed by atoms with Gasteiger partial charge in [0.05, 0.1) is 0 Å². The fraction of sp³-hybridized carbons (Fsp3) is 0.125. The van der Waals surface area contributed by atoms with Crippen LogP contribution in [0, 0.1) is 0 Å². The van der Waals surface area contributed by atoms with Gasteiger partial charge in [-0.2, -0.15) is 0 Å². The van der Waals surface area contributed by atoms with Crippen LogP contribution in [0.4, 0.5) is 0 Å². The molecule has 0 amide bonds. The molecule has 0 fully saturated rings. The lowest BCUT2D eigenvalue weighted by atomic mass is 10.2. The van der Waals surface area contributed by atoms with Crippen molar-refractivity contribution < 1.29 is 0 Å². The third kappa shape index (κ3) is 4.47. The van der Waals surface area contributed by atoms with Crippen LogP contribution >= 0.6 is 15.9 Å². The largest absolute Gasteiger partial charge is 0.309 e. The van der Waals surface area contributed by atoms with Crippen LogP contribution in [0.15, 0.2) is 65.1 Å². The van der Waals surface area contributed by atoms with Gasteiger partial charge in [-0.3, -0.25) is 0 Å². The Bertz CT molecular complexity index is 506. The highest BCUT2D eigenvalue weighted by Crippen LogP contribution is 2.11. The summed E-state index contributed by atoms with van der Waals surface area (Å²) in [5.41, 5.74) is 2.53. The van der Waals surface area contributed by atoms with Crippen molar-refractivity contribution in [2.45, 2.75) is 6.54 Å². The van der Waals surface area contributed by atoms with E-state index in [1.165, 1.54) is 11.1 Å². The highest BCUT2D eigenvalue weighted by Gasteiger charge is 1.92. The van der Waals surface area contributed by atoms with Crippen LogP contribution in [0.25, 0.3) is 6.08 Å². The van der Waals surface area contributed by atoms with Gasteiger partial charge < -0.3 is 5.32 Å². The summed E-state index contributed by atoms with van der Waals surface area (Å²) in [6, 6.07) is 18.7. The summed E-state index contributed by atoms with van der Waals surface area (Å²) in [6.45, 7) is 1.76. The predicted molar refractivity (Wildman–Crippen MR) is 81.3 cm³/mol. The Morgan fingerprint density at radius 3 is 2.61 bits per heavy atom. The molecule has 0 aliphatic carbocycles. The Balaban J connectivity index is 1.75. The summed E-state index contributed by atoms with van der Waals surface area (Å²) in [4.78, 5) is 0. The molecule has 0 aliphatic heterocycles. The first-order valence-corrected chi connectivity index (χ1v) is 6.80. The summed E-state index contributed by atoms with van der Waals surface area (Å²) < 4.78 is 1.13. The van der Waals surface area contributed by atoms with Gasteiger partial charge in [-0.25, -0.2) is 0 Å². The molecule has 18 heavy (non-hydrogen) atoms. The zero-order valence-electron chi connectivity index (χ0n) is 10.1. The Labute approximate surface area is 117 Å². The van der Waals surface area contributed by atoms with E-state index in [0.717, 1.165) is 17.6 Å². The highest BCUT2D eigenvalue weighted by atomic mass is 79.9. The fourth-order valence-corrected chi connectivity index (χ4v) is 2.15. The van der Waals surface area contributed by atoms with E-state index in [9.17, 15) is 0 Å². The number of benzene rings is 2. The topological polar surface area (TPSA) is 12.0 Å². The van der Waals surface area contributed by atoms with Crippen molar-refractivity contribution in [2.75, 3.05) is 6.54 Å². The minimum atomic E-state index is 0.876. The van der Waals surface area contributed by atoms with E-state index in [2.05, 4.69) is 75.9 Å². The standard InChI is InChI=1S/C16H16BrN/c17-16-10-4-8-15(12-16)13-18-11-5-9-14-6-2-1-3-7-14/h1-10,12,18H,11,13H2. The second-order valence-corrected chi connectivity index (χ2v) is 4.99. The normalized spacial score (nSPS) is 10.9. The van der Waals surface area contributed by atoms with Gasteiger partial charge in [0.2, 0.25) is 0 Å². The van der Waals surface area contributed by atoms with Gasteiger partial charge in [0.15, 0.2) is 0 Å². The third-order valence-electron chi connectivity index (χ3n) is 2.59. The van der Waals surface area contributed by atoms with Crippen LogP contribution in [0.1, 0.15) is 11.1 Å². The van der Waals surface area contributed by atoms with E-state index in [4.69, 9.17) is 0 Å². The minimum Gasteiger partial charge on any atom is -0.309 e. The van der Waals surface area contributed by atoms with Gasteiger partial charge in [0.1, 0.15) is 0 Å². The molecule has 0 bridgehead atoms. The molecule has 2 rings (SSSR count). The number of nitrogens with one attached hydrogen (secondary N) is 1. The molecule has 2 aromatic carbocycles. The van der Waals surface area contributed by atoms with Crippen molar-refractivity contribution >= 4 is 22.0 Å². The highest BCUT2D eigenvalue weighted by molar-refractivity contribution is 9.10. The SMILES string of the molecule is Brc1cccc(CNCC=Cc2ccccc2)c1. The Hall–Kier alpha value is -1.38. The molecule has 1 N–H and O–H groups in total. The maximum Gasteiger partial charge on any atom is 0.0208 e. The van der Waals surface area contributed by atoms with E-state index in [1.54, 1.807) is 0 Å². The molecule has 92 valence electrons. The van der Waals surface area contributed by atoms with Crippen LogP contribution in [-0.2, 0) is 6.54 Å². The van der Waals surface area contributed by atoms with E-state index in [1.807, 2.05) is 12.1 Å². The van der Waals surface area contributed by atoms with Crippen molar-refractivity contribution in [3.63, 3.8) is 0 Å². The van der Waals surface area contributed by atoms with Gasteiger partial charge in [0.25, 0.3) is 0 Å². The van der Waals surface area contributed by atoms with Gasteiger partial charge in [-0.05, 0) is 23.3 Å². The fourth-order valence-electron chi connectivity index (χ4n) is 1.71. The second kappa shape index (κ2) is 7.14. The van der Waals surface area contributed by atoms with E-state index in [-0.39, 0.29) is 0 Å². The molecular formula is C16H16BrN. The van der Waals surface area contributed by atoms with Gasteiger partial charge in [0, 0.05) is 17.6 Å². The maximum absolute atomic E-state index is 3.47. The first kappa shape index (κ1) is 13.1. The monoisotopic (exact) mass is 301 g/mol. The maximum atomic E-state index is 3.47. The van der Waals surface area contributed by atoms with Crippen molar-refractivity contribution in [1.29, 1.82) is 0 Å². The molecule has 2 aromatic rings. The lowest BCUT2D eigenvalue weighted by Crippen LogP contribution is -2.12. The lowest BCUT2D eigenvalue weighted by molar-refractivity contribution is 0.761. The number of rotatable bonds is 5. The minimum absolute atomic E-state index is 0.876. The molecule has 0 saturated heterocycles. The molecule has 0 spiro atoms. The molecule has 0 saturated carbocycles. The number of hydrogen-bond donors (Lipinski definition) is 1. The molecule has 1 nitrogen and oxygen atoms in total. The summed E-state index contributed by atoms with van der Waals surface area (Å²) >= 11 is 3.47. The van der Waals surface area contributed by atoms with Gasteiger partial charge in [-0.15, -0.1) is 0 Å². The van der Waals surface area contributed by atoms with Crippen molar-refractivity contribution in [2.24, 2.45) is 0 Å². The molecule has 0 aromatic heterocycles. The van der Waals surface area contributed by atoms with E-state index >= 15 is 0 Å². The predicted octanol–water partition coefficient (Wildman–Crippen LogP) is 4.25. The first-order valence-electron chi connectivity index (χ1n) is 6.01. The van der Waals surface area contributed by atoms with Gasteiger partial charge in [-0.1, -0.05) is 70.5 Å². The van der Waals surface area contributed by atoms with Crippen molar-refractivity contribution in [3.05, 3.63) is 76.3 Å². The summed E-state index contributed by atoms with van der Waals surface area (Å²) in [5.74, 6) is 0. The van der Waals surface area contributed by atoms with Crippen molar-refractivity contribution in [3.8, 4) is 0 Å². The molecule has 2 heteroatoms. The summed E-state index contributed by atoms with van der Waals surface area (Å²) in [5, 5.41) is 3.39. The van der Waals surface area contributed by atoms with Crippen LogP contribution in [0.5, 0.6) is 0 Å². The molecule has 0 atom stereocenters. The first-order chi connectivity index (χ1) is 8.84. The van der Waals surface area contributed by atoms with E-state index < -0.39 is 0 Å². The van der Waals surface area contributed by atoms with Crippen LogP contribution < -0.4 is 5.32 Å². The quantitative estimate of drug-likeness (QED) is 0.814. The molecule has 0 unspecified atom stereocenters. The van der Waals surface area contributed by atoms with Crippen LogP contribution in [0.2, 0.25) is 0 Å². The molecule has 0 radical (unpaired) electrons. The van der Waals surface area contributed by atoms with Crippen molar-refractivity contribution in [1.82, 2.24) is 5.32 Å². The Kier molecular flexibility index (Phi) is 5.18. The van der Waals surface area contributed by atoms with Crippen LogP contribution in [-0.4, -0.2) is 6.54 Å². The number of halogens is 1. The molecule has 0 aliphatic rings. The molecular weight excluding hydrogens is 286 g/mol. The average molecular weight is 302 g/mol. The van der Waals surface area contributed by atoms with Crippen LogP contribution in [0.3, 0.4) is 0 Å². The summed E-state index contributed by atoms with van der Waals surface area (Å²) in [6.07, 6.45) is 4.28. The zero-order chi connectivity index (χ0) is 12.6. The van der Waals surface area contributed by atoms with E-state index in [0.29, 0.717) is 0 Å². The average Bonchev–Trinajstić information content (AvgIpc) is 2.40. The lowest BCUT2D eigenvalue weighted by Gasteiger charge is -2.02. The van der Waals surface area contributed by atoms with Gasteiger partial charge >= 0.3 is 0 Å². The Morgan fingerprint density at radius 1 is 1.00 bits per heavy atom. The molecule has 0 heterocycles. The Morgan fingerprint density at radius 2 is 1.83 bits per heavy atom. The summed E-state index contributed by atoms with van der Waals surface area (Å²) in [7, 11) is 0.